The van der Waals surface area contributed by atoms with Crippen LogP contribution in [0.3, 0.4) is 0 Å². The van der Waals surface area contributed by atoms with Crippen molar-refractivity contribution in [1.82, 2.24) is 0 Å². The Labute approximate surface area is 89.8 Å². The summed E-state index contributed by atoms with van der Waals surface area (Å²) in [6.07, 6.45) is 0. The molecule has 0 unspecified atom stereocenters. The summed E-state index contributed by atoms with van der Waals surface area (Å²) in [5.41, 5.74) is 0. The molecule has 0 bridgehead atoms. The Morgan fingerprint density at radius 3 is 2.31 bits per heavy atom. The number of benzene rings is 1. The van der Waals surface area contributed by atoms with Gasteiger partial charge < -0.3 is 9.84 Å². The second-order valence-corrected chi connectivity index (χ2v) is 3.82. The molecular weight excluding hydrogens is 314 g/mol. The second kappa shape index (κ2) is 4.23. The van der Waals surface area contributed by atoms with Crippen molar-refractivity contribution in [1.29, 1.82) is 0 Å². The Kier molecular flexibility index (Phi) is 3.49. The van der Waals surface area contributed by atoms with Crippen molar-refractivity contribution in [2.75, 3.05) is 0 Å². The molecule has 1 N–H and O–H groups in total. The van der Waals surface area contributed by atoms with Gasteiger partial charge in [0, 0.05) is 8.95 Å². The Morgan fingerprint density at radius 1 is 1.23 bits per heavy atom. The maximum Gasteiger partial charge on any atom is 0.387 e. The van der Waals surface area contributed by atoms with Crippen LogP contribution >= 0.6 is 31.9 Å². The lowest BCUT2D eigenvalue weighted by atomic mass is 10.3. The van der Waals surface area contributed by atoms with Crippen molar-refractivity contribution in [2.45, 2.75) is 6.61 Å². The van der Waals surface area contributed by atoms with E-state index in [4.69, 9.17) is 5.11 Å². The van der Waals surface area contributed by atoms with E-state index in [1.807, 2.05) is 0 Å². The van der Waals surface area contributed by atoms with Crippen LogP contribution in [0.25, 0.3) is 0 Å². The molecule has 0 amide bonds. The molecule has 0 radical (unpaired) electrons. The molecule has 0 fully saturated rings. The molecule has 6 heteroatoms. The normalized spacial score (nSPS) is 10.5. The quantitative estimate of drug-likeness (QED) is 0.904. The van der Waals surface area contributed by atoms with Crippen LogP contribution in [0.15, 0.2) is 21.1 Å². The van der Waals surface area contributed by atoms with Gasteiger partial charge in [-0.15, -0.1) is 0 Å². The average Bonchev–Trinajstić information content (AvgIpc) is 1.99. The Bertz CT molecular complexity index is 318. The van der Waals surface area contributed by atoms with Crippen molar-refractivity contribution in [2.24, 2.45) is 0 Å². The predicted molar refractivity (Wildman–Crippen MR) is 50.1 cm³/mol. The summed E-state index contributed by atoms with van der Waals surface area (Å²) in [5, 5.41) is 9.16. The predicted octanol–water partition coefficient (Wildman–Crippen LogP) is 3.52. The number of rotatable bonds is 2. The van der Waals surface area contributed by atoms with Crippen molar-refractivity contribution in [3.63, 3.8) is 0 Å². The highest BCUT2D eigenvalue weighted by Crippen LogP contribution is 2.36. The van der Waals surface area contributed by atoms with E-state index >= 15 is 0 Å². The van der Waals surface area contributed by atoms with E-state index in [1.165, 1.54) is 12.1 Å². The lowest BCUT2D eigenvalue weighted by molar-refractivity contribution is -0.0513. The van der Waals surface area contributed by atoms with E-state index in [1.54, 1.807) is 0 Å². The van der Waals surface area contributed by atoms with Crippen LogP contribution < -0.4 is 4.74 Å². The minimum atomic E-state index is -2.95. The monoisotopic (exact) mass is 316 g/mol. The number of hydrogen-bond acceptors (Lipinski definition) is 2. The molecule has 1 aromatic carbocycles. The van der Waals surface area contributed by atoms with Gasteiger partial charge in [-0.05, 0) is 44.0 Å². The maximum absolute atomic E-state index is 11.8. The fourth-order valence-corrected chi connectivity index (χ4v) is 1.36. The molecule has 2 nitrogen and oxygen atoms in total. The molecule has 0 heterocycles. The molecule has 0 aromatic heterocycles. The van der Waals surface area contributed by atoms with Gasteiger partial charge in [0.2, 0.25) is 0 Å². The molecule has 13 heavy (non-hydrogen) atoms. The molecule has 0 aliphatic carbocycles. The number of phenols is 1. The highest BCUT2D eigenvalue weighted by molar-refractivity contribution is 9.13. The molecule has 0 aliphatic rings. The van der Waals surface area contributed by atoms with Gasteiger partial charge in [-0.2, -0.15) is 8.78 Å². The van der Waals surface area contributed by atoms with Crippen molar-refractivity contribution < 1.29 is 18.6 Å². The third-order valence-corrected chi connectivity index (χ3v) is 3.06. The van der Waals surface area contributed by atoms with Crippen LogP contribution in [0, 0.1) is 0 Å². The first-order valence-electron chi connectivity index (χ1n) is 3.13. The largest absolute Gasteiger partial charge is 0.504 e. The second-order valence-electron chi connectivity index (χ2n) is 2.11. The van der Waals surface area contributed by atoms with Crippen LogP contribution in [0.1, 0.15) is 0 Å². The maximum atomic E-state index is 11.8. The number of hydrogen-bond donors (Lipinski definition) is 1. The van der Waals surface area contributed by atoms with Crippen molar-refractivity contribution in [3.05, 3.63) is 21.1 Å². The zero-order valence-electron chi connectivity index (χ0n) is 6.10. The molecule has 72 valence electrons. The van der Waals surface area contributed by atoms with E-state index in [0.717, 1.165) is 0 Å². The Balaban J connectivity index is 3.01. The summed E-state index contributed by atoms with van der Waals surface area (Å²) in [6, 6.07) is 2.52. The van der Waals surface area contributed by atoms with E-state index in [2.05, 4.69) is 36.6 Å². The van der Waals surface area contributed by atoms with Crippen molar-refractivity contribution >= 4 is 31.9 Å². The number of halogens is 4. The van der Waals surface area contributed by atoms with Gasteiger partial charge in [-0.1, -0.05) is 0 Å². The number of aromatic hydroxyl groups is 1. The highest BCUT2D eigenvalue weighted by Gasteiger charge is 2.11. The van der Waals surface area contributed by atoms with E-state index in [0.29, 0.717) is 8.95 Å². The van der Waals surface area contributed by atoms with Gasteiger partial charge in [0.05, 0.1) is 0 Å². The third kappa shape index (κ3) is 2.80. The Morgan fingerprint density at radius 2 is 1.77 bits per heavy atom. The van der Waals surface area contributed by atoms with Crippen LogP contribution in [0.4, 0.5) is 8.78 Å². The van der Waals surface area contributed by atoms with Gasteiger partial charge in [0.25, 0.3) is 0 Å². The van der Waals surface area contributed by atoms with Crippen molar-refractivity contribution in [3.8, 4) is 11.5 Å². The molecule has 0 saturated carbocycles. The summed E-state index contributed by atoms with van der Waals surface area (Å²) in [4.78, 5) is 0. The molecule has 0 atom stereocenters. The van der Waals surface area contributed by atoms with Gasteiger partial charge in [0.15, 0.2) is 11.5 Å². The zero-order chi connectivity index (χ0) is 10.0. The minimum Gasteiger partial charge on any atom is -0.504 e. The smallest absolute Gasteiger partial charge is 0.387 e. The van der Waals surface area contributed by atoms with Crippen LogP contribution in [-0.2, 0) is 0 Å². The molecular formula is C7H4Br2F2O2. The lowest BCUT2D eigenvalue weighted by Crippen LogP contribution is -2.01. The molecule has 1 aromatic rings. The fourth-order valence-electron chi connectivity index (χ4n) is 0.708. The van der Waals surface area contributed by atoms with Gasteiger partial charge >= 0.3 is 6.61 Å². The summed E-state index contributed by atoms with van der Waals surface area (Å²) >= 11 is 6.18. The Hall–Kier alpha value is -0.360. The molecule has 0 saturated heterocycles. The van der Waals surface area contributed by atoms with Crippen LogP contribution in [0.2, 0.25) is 0 Å². The number of ether oxygens (including phenoxy) is 1. The van der Waals surface area contributed by atoms with Gasteiger partial charge in [-0.25, -0.2) is 0 Å². The summed E-state index contributed by atoms with van der Waals surface area (Å²) < 4.78 is 28.7. The topological polar surface area (TPSA) is 29.5 Å². The third-order valence-electron chi connectivity index (χ3n) is 1.22. The lowest BCUT2D eigenvalue weighted by Gasteiger charge is -2.07. The summed E-state index contributed by atoms with van der Waals surface area (Å²) in [5.74, 6) is -0.597. The van der Waals surface area contributed by atoms with E-state index in [9.17, 15) is 8.78 Å². The standard InChI is InChI=1S/C7H4Br2F2O2/c8-3-1-5(12)6(2-4(3)9)13-7(10)11/h1-2,7,12H. The SMILES string of the molecule is Oc1cc(Br)c(Br)cc1OC(F)F. The summed E-state index contributed by atoms with van der Waals surface area (Å²) in [7, 11) is 0. The van der Waals surface area contributed by atoms with E-state index in [-0.39, 0.29) is 11.5 Å². The first kappa shape index (κ1) is 10.7. The first-order chi connectivity index (χ1) is 6.00. The number of alkyl halides is 2. The molecule has 0 spiro atoms. The van der Waals surface area contributed by atoms with Gasteiger partial charge in [-0.3, -0.25) is 0 Å². The molecule has 1 rings (SSSR count). The zero-order valence-corrected chi connectivity index (χ0v) is 9.27. The first-order valence-corrected chi connectivity index (χ1v) is 4.72. The average molecular weight is 318 g/mol. The van der Waals surface area contributed by atoms with Gasteiger partial charge in [0.1, 0.15) is 0 Å². The van der Waals surface area contributed by atoms with Crippen LogP contribution in [0.5, 0.6) is 11.5 Å². The molecule has 0 aliphatic heterocycles. The number of phenolic OH excluding ortho intramolecular Hbond substituents is 1. The fraction of sp³-hybridized carbons (Fsp3) is 0.143. The van der Waals surface area contributed by atoms with E-state index < -0.39 is 6.61 Å². The minimum absolute atomic E-state index is 0.259. The van der Waals surface area contributed by atoms with Crippen LogP contribution in [-0.4, -0.2) is 11.7 Å². The highest BCUT2D eigenvalue weighted by atomic mass is 79.9. The summed E-state index contributed by atoms with van der Waals surface area (Å²) in [6.45, 7) is -2.95.